The highest BCUT2D eigenvalue weighted by Crippen LogP contribution is 2.77. The highest BCUT2D eigenvalue weighted by molar-refractivity contribution is 5.77. The molecule has 2 unspecified atom stereocenters. The Hall–Kier alpha value is -1.10. The van der Waals surface area contributed by atoms with Crippen LogP contribution in [-0.4, -0.2) is 36.4 Å². The van der Waals surface area contributed by atoms with E-state index in [-0.39, 0.29) is 57.0 Å². The van der Waals surface area contributed by atoms with Gasteiger partial charge in [-0.2, -0.15) is 0 Å². The fraction of sp³-hybridized carbons (Fsp3) is 0.939. The molecule has 0 spiro atoms. The van der Waals surface area contributed by atoms with Gasteiger partial charge in [0.1, 0.15) is 6.10 Å². The zero-order valence-electron chi connectivity index (χ0n) is 25.6. The molecule has 5 rings (SSSR count). The fourth-order valence-corrected chi connectivity index (χ4v) is 12.0. The Morgan fingerprint density at radius 1 is 0.816 bits per heavy atom. The lowest BCUT2D eigenvalue weighted by Crippen LogP contribution is -2.70. The first kappa shape index (κ1) is 28.4. The molecule has 38 heavy (non-hydrogen) atoms. The van der Waals surface area contributed by atoms with Gasteiger partial charge in [0.25, 0.3) is 0 Å². The molecule has 0 aromatic heterocycles. The van der Waals surface area contributed by atoms with E-state index in [0.29, 0.717) is 11.8 Å². The largest absolute Gasteiger partial charge is 0.469 e. The summed E-state index contributed by atoms with van der Waals surface area (Å²) in [5, 5.41) is 12.2. The Bertz CT molecular complexity index is 986. The van der Waals surface area contributed by atoms with Crippen LogP contribution < -0.4 is 0 Å². The van der Waals surface area contributed by atoms with Crippen molar-refractivity contribution in [2.75, 3.05) is 7.11 Å². The Morgan fingerprint density at radius 2 is 1.47 bits per heavy atom. The zero-order valence-corrected chi connectivity index (χ0v) is 25.6. The number of hydrogen-bond donors (Lipinski definition) is 1. The lowest BCUT2D eigenvalue weighted by molar-refractivity contribution is -0.279. The Balaban J connectivity index is 1.55. The van der Waals surface area contributed by atoms with Crippen molar-refractivity contribution in [2.24, 2.45) is 56.2 Å². The quantitative estimate of drug-likeness (QED) is 0.391. The summed E-state index contributed by atoms with van der Waals surface area (Å²) in [5.41, 5.74) is -0.232. The van der Waals surface area contributed by atoms with E-state index >= 15 is 0 Å². The first-order chi connectivity index (χ1) is 17.5. The number of esters is 2. The highest BCUT2D eigenvalue weighted by atomic mass is 16.5. The molecule has 5 aliphatic carbocycles. The molecule has 5 fully saturated rings. The average molecular weight is 531 g/mol. The van der Waals surface area contributed by atoms with Crippen molar-refractivity contribution in [3.8, 4) is 0 Å². The maximum absolute atomic E-state index is 13.5. The van der Waals surface area contributed by atoms with Crippen LogP contribution in [-0.2, 0) is 19.1 Å². The van der Waals surface area contributed by atoms with Crippen molar-refractivity contribution in [2.45, 2.75) is 132 Å². The van der Waals surface area contributed by atoms with Gasteiger partial charge in [-0.1, -0.05) is 48.5 Å². The SMILES string of the molecule is COC(=O)C12CCC(C)(C)CC1[C@H]1[C@H](O)C[C@@H]3[C@@]4(C)CC[C@H](OC(C)=O)C(C)(C)[C@@H]4CC[C@@]3(C)[C@]1(C)CC2. The highest BCUT2D eigenvalue weighted by Gasteiger charge is 2.73. The van der Waals surface area contributed by atoms with Crippen molar-refractivity contribution in [3.05, 3.63) is 0 Å². The van der Waals surface area contributed by atoms with E-state index in [1.54, 1.807) is 7.11 Å². The molecule has 0 aromatic carbocycles. The summed E-state index contributed by atoms with van der Waals surface area (Å²) in [7, 11) is 1.55. The van der Waals surface area contributed by atoms with Gasteiger partial charge < -0.3 is 14.6 Å². The topological polar surface area (TPSA) is 72.8 Å². The van der Waals surface area contributed by atoms with Gasteiger partial charge in [0.05, 0.1) is 18.6 Å². The minimum atomic E-state index is -0.455. The Morgan fingerprint density at radius 3 is 2.11 bits per heavy atom. The summed E-state index contributed by atoms with van der Waals surface area (Å²) >= 11 is 0. The Labute approximate surface area is 231 Å². The van der Waals surface area contributed by atoms with Crippen LogP contribution in [0.3, 0.4) is 0 Å². The van der Waals surface area contributed by atoms with E-state index in [1.807, 2.05) is 0 Å². The van der Waals surface area contributed by atoms with Gasteiger partial charge in [0, 0.05) is 12.3 Å². The lowest BCUT2D eigenvalue weighted by Gasteiger charge is -2.74. The molecular formula is C33H54O5. The third kappa shape index (κ3) is 3.64. The van der Waals surface area contributed by atoms with Crippen LogP contribution in [0.4, 0.5) is 0 Å². The van der Waals surface area contributed by atoms with Crippen molar-refractivity contribution < 1.29 is 24.2 Å². The van der Waals surface area contributed by atoms with Crippen LogP contribution in [0.5, 0.6) is 0 Å². The number of carbonyl (C=O) groups excluding carboxylic acids is 2. The van der Waals surface area contributed by atoms with Crippen LogP contribution in [0.1, 0.15) is 120 Å². The third-order valence-corrected chi connectivity index (χ3v) is 14.1. The molecule has 10 atom stereocenters. The smallest absolute Gasteiger partial charge is 0.312 e. The molecular weight excluding hydrogens is 476 g/mol. The van der Waals surface area contributed by atoms with Gasteiger partial charge in [0.15, 0.2) is 0 Å². The first-order valence-corrected chi connectivity index (χ1v) is 15.4. The molecule has 0 amide bonds. The number of rotatable bonds is 2. The van der Waals surface area contributed by atoms with Gasteiger partial charge in [0.2, 0.25) is 0 Å². The molecule has 5 heteroatoms. The summed E-state index contributed by atoms with van der Waals surface area (Å²) in [4.78, 5) is 25.4. The van der Waals surface area contributed by atoms with Crippen LogP contribution in [0.15, 0.2) is 0 Å². The van der Waals surface area contributed by atoms with Crippen molar-refractivity contribution in [1.29, 1.82) is 0 Å². The van der Waals surface area contributed by atoms with Gasteiger partial charge >= 0.3 is 11.9 Å². The number of methoxy groups -OCH3 is 1. The van der Waals surface area contributed by atoms with Crippen LogP contribution in [0.25, 0.3) is 0 Å². The molecule has 1 N–H and O–H groups in total. The van der Waals surface area contributed by atoms with E-state index in [1.165, 1.54) is 6.92 Å². The van der Waals surface area contributed by atoms with Crippen LogP contribution in [0, 0.1) is 56.2 Å². The van der Waals surface area contributed by atoms with E-state index < -0.39 is 11.5 Å². The standard InChI is InChI=1S/C33H54O5/c1-20(34)38-25-11-12-30(6)23(29(25,4)5)10-13-31(7)24(30)18-22(35)26-21-19-28(2,3)14-16-33(21,27(36)37-9)17-15-32(26,31)8/h21-26,35H,10-19H2,1-9H3/t21?,22-,23+,24-,25+,26+,30+,31-,32-,33?/m1/s1. The summed E-state index contributed by atoms with van der Waals surface area (Å²) in [6.07, 6.45) is 9.31. The van der Waals surface area contributed by atoms with E-state index in [2.05, 4.69) is 48.5 Å². The van der Waals surface area contributed by atoms with Gasteiger partial charge in [-0.15, -0.1) is 0 Å². The fourth-order valence-electron chi connectivity index (χ4n) is 12.0. The monoisotopic (exact) mass is 530 g/mol. The maximum atomic E-state index is 13.5. The van der Waals surface area contributed by atoms with Gasteiger partial charge in [-0.3, -0.25) is 9.59 Å². The third-order valence-electron chi connectivity index (χ3n) is 14.1. The molecule has 216 valence electrons. The minimum absolute atomic E-state index is 0.0319. The number of carbonyl (C=O) groups is 2. The molecule has 0 radical (unpaired) electrons. The molecule has 5 saturated carbocycles. The lowest BCUT2D eigenvalue weighted by atomic mass is 9.31. The first-order valence-electron chi connectivity index (χ1n) is 15.4. The van der Waals surface area contributed by atoms with Gasteiger partial charge in [-0.25, -0.2) is 0 Å². The second kappa shape index (κ2) is 8.70. The average Bonchev–Trinajstić information content (AvgIpc) is 2.81. The minimum Gasteiger partial charge on any atom is -0.469 e. The van der Waals surface area contributed by atoms with Crippen molar-refractivity contribution >= 4 is 11.9 Å². The second-order valence-electron chi connectivity index (χ2n) is 16.4. The molecule has 0 aromatic rings. The maximum Gasteiger partial charge on any atom is 0.312 e. The number of hydrogen-bond acceptors (Lipinski definition) is 5. The number of aliphatic hydroxyl groups is 1. The molecule has 0 aliphatic heterocycles. The number of aliphatic hydroxyl groups excluding tert-OH is 1. The predicted molar refractivity (Wildman–Crippen MR) is 148 cm³/mol. The molecule has 0 heterocycles. The van der Waals surface area contributed by atoms with E-state index in [0.717, 1.165) is 64.2 Å². The summed E-state index contributed by atoms with van der Waals surface area (Å²) < 4.78 is 11.4. The number of ether oxygens (including phenoxy) is 2. The summed E-state index contributed by atoms with van der Waals surface area (Å²) in [6.45, 7) is 18.4. The predicted octanol–water partition coefficient (Wildman–Crippen LogP) is 6.94. The zero-order chi connectivity index (χ0) is 28.1. The Kier molecular flexibility index (Phi) is 6.51. The van der Waals surface area contributed by atoms with Crippen molar-refractivity contribution in [1.82, 2.24) is 0 Å². The molecule has 5 nitrogen and oxygen atoms in total. The van der Waals surface area contributed by atoms with Crippen molar-refractivity contribution in [3.63, 3.8) is 0 Å². The molecule has 0 bridgehead atoms. The second-order valence-corrected chi connectivity index (χ2v) is 16.4. The normalized spacial score (nSPS) is 50.9. The summed E-state index contributed by atoms with van der Waals surface area (Å²) in [6, 6.07) is 0. The van der Waals surface area contributed by atoms with Crippen LogP contribution in [0.2, 0.25) is 0 Å². The van der Waals surface area contributed by atoms with Crippen LogP contribution >= 0.6 is 0 Å². The van der Waals surface area contributed by atoms with Gasteiger partial charge in [-0.05, 0) is 110 Å². The summed E-state index contributed by atoms with van der Waals surface area (Å²) in [5.74, 6) is 0.909. The molecule has 0 saturated heterocycles. The molecule has 5 aliphatic rings. The number of fused-ring (bicyclic) bond motifs is 7. The van der Waals surface area contributed by atoms with E-state index in [9.17, 15) is 14.7 Å². The van der Waals surface area contributed by atoms with E-state index in [4.69, 9.17) is 9.47 Å².